The number of halogens is 1. The lowest BCUT2D eigenvalue weighted by Crippen LogP contribution is -2.37. The number of amides is 1. The van der Waals surface area contributed by atoms with Crippen molar-refractivity contribution in [1.82, 2.24) is 4.31 Å². The molecule has 2 atom stereocenters. The number of ether oxygens (including phenoxy) is 1. The van der Waals surface area contributed by atoms with E-state index in [-0.39, 0.29) is 29.5 Å². The number of hydrogen-bond acceptors (Lipinski definition) is 6. The van der Waals surface area contributed by atoms with Crippen molar-refractivity contribution in [1.29, 1.82) is 0 Å². The van der Waals surface area contributed by atoms with Crippen LogP contribution in [0, 0.1) is 23.6 Å². The number of aryl methyl sites for hydroxylation is 1. The van der Waals surface area contributed by atoms with Crippen LogP contribution in [0.4, 0.5) is 15.8 Å². The number of thiophene rings is 1. The van der Waals surface area contributed by atoms with Crippen molar-refractivity contribution in [2.75, 3.05) is 55.7 Å². The van der Waals surface area contributed by atoms with Crippen LogP contribution in [0.2, 0.25) is 0 Å². The van der Waals surface area contributed by atoms with E-state index in [2.05, 4.69) is 0 Å². The summed E-state index contributed by atoms with van der Waals surface area (Å²) in [6.07, 6.45) is 0.858. The third kappa shape index (κ3) is 5.11. The number of piperidine rings is 1. The van der Waals surface area contributed by atoms with Gasteiger partial charge in [0, 0.05) is 38.4 Å². The van der Waals surface area contributed by atoms with E-state index in [1.54, 1.807) is 33.5 Å². The zero-order valence-corrected chi connectivity index (χ0v) is 23.5. The SMILES string of the molecule is CCc1ccc(S(=O)(=O)N2CC3C(CN(C(=O)c4cccs4)c4ccc(N5CCOCC5)c(F)c4)C3C2)cc1. The summed E-state index contributed by atoms with van der Waals surface area (Å²) in [4.78, 5) is 18.1. The number of sulfonamides is 1. The zero-order valence-electron chi connectivity index (χ0n) is 21.8. The molecule has 3 aliphatic rings. The van der Waals surface area contributed by atoms with Gasteiger partial charge >= 0.3 is 0 Å². The second-order valence-corrected chi connectivity index (χ2v) is 13.3. The summed E-state index contributed by atoms with van der Waals surface area (Å²) in [7, 11) is -3.55. The summed E-state index contributed by atoms with van der Waals surface area (Å²) in [6.45, 7) is 5.73. The highest BCUT2D eigenvalue weighted by molar-refractivity contribution is 7.89. The maximum Gasteiger partial charge on any atom is 0.268 e. The van der Waals surface area contributed by atoms with Crippen molar-refractivity contribution >= 4 is 38.6 Å². The molecule has 0 radical (unpaired) electrons. The number of fused-ring (bicyclic) bond motifs is 1. The van der Waals surface area contributed by atoms with Gasteiger partial charge in [-0.3, -0.25) is 4.79 Å². The van der Waals surface area contributed by atoms with E-state index in [1.165, 1.54) is 17.4 Å². The first-order valence-electron chi connectivity index (χ1n) is 13.4. The van der Waals surface area contributed by atoms with E-state index < -0.39 is 10.0 Å². The summed E-state index contributed by atoms with van der Waals surface area (Å²) in [5.41, 5.74) is 2.14. The van der Waals surface area contributed by atoms with Crippen molar-refractivity contribution in [3.8, 4) is 0 Å². The van der Waals surface area contributed by atoms with Gasteiger partial charge in [0.25, 0.3) is 5.91 Å². The second kappa shape index (κ2) is 10.6. The van der Waals surface area contributed by atoms with Crippen LogP contribution in [0.25, 0.3) is 0 Å². The van der Waals surface area contributed by atoms with Crippen LogP contribution in [0.5, 0.6) is 0 Å². The highest BCUT2D eigenvalue weighted by Crippen LogP contribution is 2.53. The normalized spacial score (nSPS) is 23.0. The van der Waals surface area contributed by atoms with Crippen LogP contribution in [0.15, 0.2) is 64.9 Å². The number of carbonyl (C=O) groups excluding carboxylic acids is 1. The fourth-order valence-electron chi connectivity index (χ4n) is 5.90. The molecule has 7 nitrogen and oxygen atoms in total. The molecule has 6 rings (SSSR count). The molecule has 1 amide bonds. The molecule has 10 heteroatoms. The molecule has 1 saturated carbocycles. The molecule has 2 aliphatic heterocycles. The molecule has 3 fully saturated rings. The van der Waals surface area contributed by atoms with Crippen LogP contribution in [0.3, 0.4) is 0 Å². The number of hydrogen-bond donors (Lipinski definition) is 0. The fraction of sp³-hybridized carbons (Fsp3) is 0.414. The number of nitrogens with zero attached hydrogens (tertiary/aromatic N) is 3. The van der Waals surface area contributed by atoms with Gasteiger partial charge in [-0.15, -0.1) is 11.3 Å². The van der Waals surface area contributed by atoms with Crippen LogP contribution in [-0.2, 0) is 21.2 Å². The highest BCUT2D eigenvalue weighted by atomic mass is 32.2. The largest absolute Gasteiger partial charge is 0.378 e. The molecule has 2 unspecified atom stereocenters. The van der Waals surface area contributed by atoms with Gasteiger partial charge in [0.1, 0.15) is 5.82 Å². The van der Waals surface area contributed by atoms with E-state index in [0.717, 1.165) is 12.0 Å². The monoisotopic (exact) mass is 569 g/mol. The quantitative estimate of drug-likeness (QED) is 0.400. The maximum absolute atomic E-state index is 15.3. The Morgan fingerprint density at radius 3 is 2.41 bits per heavy atom. The molecule has 0 bridgehead atoms. The summed E-state index contributed by atoms with van der Waals surface area (Å²) in [5, 5.41) is 1.86. The fourth-order valence-corrected chi connectivity index (χ4v) is 8.08. The van der Waals surface area contributed by atoms with Gasteiger partial charge in [0.2, 0.25) is 10.0 Å². The molecule has 0 N–H and O–H groups in total. The Morgan fingerprint density at radius 2 is 1.79 bits per heavy atom. The van der Waals surface area contributed by atoms with Crippen molar-refractivity contribution < 1.29 is 22.3 Å². The van der Waals surface area contributed by atoms with Gasteiger partial charge in [0.05, 0.1) is 28.7 Å². The Kier molecular flexibility index (Phi) is 7.22. The van der Waals surface area contributed by atoms with Crippen LogP contribution >= 0.6 is 11.3 Å². The van der Waals surface area contributed by atoms with E-state index >= 15 is 4.39 Å². The van der Waals surface area contributed by atoms with Crippen molar-refractivity contribution in [3.63, 3.8) is 0 Å². The third-order valence-electron chi connectivity index (χ3n) is 8.27. The molecule has 2 saturated heterocycles. The Bertz CT molecular complexity index is 1430. The number of morpholine rings is 1. The molecule has 3 aromatic rings. The Labute approximate surface area is 232 Å². The first-order valence-corrected chi connectivity index (χ1v) is 15.8. The van der Waals surface area contributed by atoms with Gasteiger partial charge in [-0.05, 0) is 71.5 Å². The lowest BCUT2D eigenvalue weighted by molar-refractivity contribution is 0.0988. The Balaban J connectivity index is 1.18. The van der Waals surface area contributed by atoms with Crippen molar-refractivity contribution in [3.05, 3.63) is 76.2 Å². The first kappa shape index (κ1) is 26.4. The summed E-state index contributed by atoms with van der Waals surface area (Å²) in [5.74, 6) is 0.0242. The number of rotatable bonds is 8. The van der Waals surface area contributed by atoms with Crippen LogP contribution in [0.1, 0.15) is 22.2 Å². The maximum atomic E-state index is 15.3. The van der Waals surface area contributed by atoms with Gasteiger partial charge in [-0.2, -0.15) is 4.31 Å². The second-order valence-electron chi connectivity index (χ2n) is 10.4. The Morgan fingerprint density at radius 1 is 1.08 bits per heavy atom. The van der Waals surface area contributed by atoms with E-state index in [1.807, 2.05) is 41.5 Å². The zero-order chi connectivity index (χ0) is 27.1. The highest BCUT2D eigenvalue weighted by Gasteiger charge is 2.58. The summed E-state index contributed by atoms with van der Waals surface area (Å²) in [6, 6.07) is 15.7. The predicted molar refractivity (Wildman–Crippen MR) is 150 cm³/mol. The lowest BCUT2D eigenvalue weighted by Gasteiger charge is -2.30. The molecule has 1 aromatic heterocycles. The average Bonchev–Trinajstić information content (AvgIpc) is 3.34. The van der Waals surface area contributed by atoms with Crippen molar-refractivity contribution in [2.45, 2.75) is 18.2 Å². The molecule has 1 aliphatic carbocycles. The molecular formula is C29H32FN3O4S2. The third-order valence-corrected chi connectivity index (χ3v) is 11.0. The van der Waals surface area contributed by atoms with E-state index in [0.29, 0.717) is 67.1 Å². The smallest absolute Gasteiger partial charge is 0.268 e. The average molecular weight is 570 g/mol. The topological polar surface area (TPSA) is 70.2 Å². The summed E-state index contributed by atoms with van der Waals surface area (Å²) < 4.78 is 48.7. The first-order chi connectivity index (χ1) is 18.9. The minimum absolute atomic E-state index is 0.158. The van der Waals surface area contributed by atoms with Gasteiger partial charge < -0.3 is 14.5 Å². The Hall–Kier alpha value is -2.79. The predicted octanol–water partition coefficient (Wildman–Crippen LogP) is 4.50. The number of anilines is 2. The molecule has 206 valence electrons. The minimum atomic E-state index is -3.55. The molecule has 2 aromatic carbocycles. The van der Waals surface area contributed by atoms with E-state index in [9.17, 15) is 13.2 Å². The number of benzene rings is 2. The van der Waals surface area contributed by atoms with Gasteiger partial charge in [-0.25, -0.2) is 12.8 Å². The molecule has 39 heavy (non-hydrogen) atoms. The van der Waals surface area contributed by atoms with Crippen LogP contribution in [-0.4, -0.2) is 64.6 Å². The minimum Gasteiger partial charge on any atom is -0.378 e. The molecule has 3 heterocycles. The van der Waals surface area contributed by atoms with Crippen molar-refractivity contribution in [2.24, 2.45) is 17.8 Å². The summed E-state index contributed by atoms with van der Waals surface area (Å²) >= 11 is 1.36. The molecule has 0 spiro atoms. The standard InChI is InChI=1S/C29H32FN3O4S2/c1-2-20-5-8-22(9-6-20)39(35,36)32-17-23-24(18-32)25(23)19-33(29(34)28-4-3-15-38-28)21-7-10-27(26(30)16-21)31-11-13-37-14-12-31/h3-10,15-16,23-25H,2,11-14,17-19H2,1H3. The number of carbonyl (C=O) groups is 1. The van der Waals surface area contributed by atoms with Gasteiger partial charge in [0.15, 0.2) is 0 Å². The molecular weight excluding hydrogens is 537 g/mol. The van der Waals surface area contributed by atoms with Gasteiger partial charge in [-0.1, -0.05) is 25.1 Å². The van der Waals surface area contributed by atoms with E-state index in [4.69, 9.17) is 4.74 Å². The lowest BCUT2D eigenvalue weighted by atomic mass is 10.2. The van der Waals surface area contributed by atoms with Crippen LogP contribution < -0.4 is 9.80 Å².